The molecule has 84 valence electrons. The van der Waals surface area contributed by atoms with Crippen molar-refractivity contribution in [2.45, 2.75) is 0 Å². The molecule has 0 unspecified atom stereocenters. The average Bonchev–Trinajstić information content (AvgIpc) is 2.79. The molecule has 0 saturated carbocycles. The maximum Gasteiger partial charge on any atom is 0.144 e. The fourth-order valence-corrected chi connectivity index (χ4v) is 2.74. The second-order valence-corrected chi connectivity index (χ2v) is 4.72. The van der Waals surface area contributed by atoms with Crippen LogP contribution in [0.5, 0.6) is 0 Å². The summed E-state index contributed by atoms with van der Waals surface area (Å²) in [5, 5.41) is 4.98. The molecule has 2 heteroatoms. The summed E-state index contributed by atoms with van der Waals surface area (Å²) >= 11 is 0. The highest BCUT2D eigenvalue weighted by atomic mass is 16.3. The summed E-state index contributed by atoms with van der Waals surface area (Å²) < 4.78 is 5.99. The SMILES string of the molecule is Bc1cc2ccccc2c2c1oc1ccccc12. The van der Waals surface area contributed by atoms with Crippen LogP contribution in [0.4, 0.5) is 0 Å². The van der Waals surface area contributed by atoms with Crippen molar-refractivity contribution in [3.8, 4) is 0 Å². The molecule has 0 fully saturated rings. The highest BCUT2D eigenvalue weighted by Gasteiger charge is 2.11. The Labute approximate surface area is 105 Å². The Bertz CT molecular complexity index is 889. The predicted octanol–water partition coefficient (Wildman–Crippen LogP) is 3.00. The zero-order chi connectivity index (χ0) is 12.1. The average molecular weight is 230 g/mol. The molecule has 0 N–H and O–H groups in total. The van der Waals surface area contributed by atoms with E-state index in [0.717, 1.165) is 11.2 Å². The lowest BCUT2D eigenvalue weighted by molar-refractivity contribution is 0.672. The molecule has 18 heavy (non-hydrogen) atoms. The first-order chi connectivity index (χ1) is 8.84. The van der Waals surface area contributed by atoms with Crippen LogP contribution in [-0.2, 0) is 0 Å². The predicted molar refractivity (Wildman–Crippen MR) is 79.4 cm³/mol. The molecule has 1 aromatic heterocycles. The van der Waals surface area contributed by atoms with Gasteiger partial charge < -0.3 is 4.42 Å². The van der Waals surface area contributed by atoms with E-state index < -0.39 is 0 Å². The summed E-state index contributed by atoms with van der Waals surface area (Å²) in [6, 6.07) is 18.9. The fourth-order valence-electron chi connectivity index (χ4n) is 2.74. The van der Waals surface area contributed by atoms with Crippen LogP contribution < -0.4 is 5.46 Å². The normalized spacial score (nSPS) is 11.6. The summed E-state index contributed by atoms with van der Waals surface area (Å²) in [6.07, 6.45) is 0. The molecule has 0 aliphatic carbocycles. The van der Waals surface area contributed by atoms with Gasteiger partial charge in [0.15, 0.2) is 0 Å². The van der Waals surface area contributed by atoms with Gasteiger partial charge in [-0.2, -0.15) is 0 Å². The highest BCUT2D eigenvalue weighted by molar-refractivity contribution is 6.41. The Morgan fingerprint density at radius 2 is 1.56 bits per heavy atom. The Morgan fingerprint density at radius 3 is 2.44 bits per heavy atom. The van der Waals surface area contributed by atoms with Crippen molar-refractivity contribution in [3.05, 3.63) is 54.6 Å². The second kappa shape index (κ2) is 3.39. The zero-order valence-electron chi connectivity index (χ0n) is 10.1. The molecule has 0 aliphatic heterocycles. The summed E-state index contributed by atoms with van der Waals surface area (Å²) in [7, 11) is 2.11. The van der Waals surface area contributed by atoms with E-state index in [1.807, 2.05) is 12.1 Å². The number of rotatable bonds is 0. The molecule has 0 radical (unpaired) electrons. The standard InChI is InChI=1S/C16H11BO/c17-13-9-10-5-1-2-6-11(10)15-12-7-3-4-8-14(12)18-16(13)15/h1-9H,17H2. The second-order valence-electron chi connectivity index (χ2n) is 4.72. The smallest absolute Gasteiger partial charge is 0.144 e. The maximum atomic E-state index is 5.99. The largest absolute Gasteiger partial charge is 0.457 e. The van der Waals surface area contributed by atoms with Gasteiger partial charge in [-0.15, -0.1) is 0 Å². The van der Waals surface area contributed by atoms with Crippen molar-refractivity contribution in [2.75, 3.05) is 0 Å². The summed E-state index contributed by atoms with van der Waals surface area (Å²) in [5.74, 6) is 0. The minimum absolute atomic E-state index is 0.965. The third-order valence-corrected chi connectivity index (χ3v) is 3.56. The molecule has 4 aromatic rings. The van der Waals surface area contributed by atoms with Gasteiger partial charge in [-0.05, 0) is 22.3 Å². The first kappa shape index (κ1) is 9.78. The van der Waals surface area contributed by atoms with Gasteiger partial charge in [-0.3, -0.25) is 0 Å². The van der Waals surface area contributed by atoms with Crippen LogP contribution in [0.3, 0.4) is 0 Å². The number of benzene rings is 3. The maximum absolute atomic E-state index is 5.99. The van der Waals surface area contributed by atoms with Gasteiger partial charge >= 0.3 is 0 Å². The van der Waals surface area contributed by atoms with Gasteiger partial charge in [0, 0.05) is 10.8 Å². The van der Waals surface area contributed by atoms with Crippen LogP contribution >= 0.6 is 0 Å². The van der Waals surface area contributed by atoms with Crippen LogP contribution in [0.2, 0.25) is 0 Å². The van der Waals surface area contributed by atoms with Crippen molar-refractivity contribution in [1.29, 1.82) is 0 Å². The van der Waals surface area contributed by atoms with Gasteiger partial charge in [0.2, 0.25) is 0 Å². The molecule has 0 amide bonds. The van der Waals surface area contributed by atoms with Crippen LogP contribution in [0.25, 0.3) is 32.7 Å². The quantitative estimate of drug-likeness (QED) is 0.423. The molecular formula is C16H11BO. The summed E-state index contributed by atoms with van der Waals surface area (Å²) in [5.41, 5.74) is 3.17. The van der Waals surface area contributed by atoms with E-state index in [-0.39, 0.29) is 0 Å². The van der Waals surface area contributed by atoms with Crippen molar-refractivity contribution >= 4 is 46.0 Å². The molecule has 1 heterocycles. The van der Waals surface area contributed by atoms with E-state index in [1.54, 1.807) is 0 Å². The van der Waals surface area contributed by atoms with E-state index in [0.29, 0.717) is 0 Å². The zero-order valence-corrected chi connectivity index (χ0v) is 10.1. The number of para-hydroxylation sites is 1. The molecular weight excluding hydrogens is 219 g/mol. The third kappa shape index (κ3) is 1.18. The minimum atomic E-state index is 0.965. The Balaban J connectivity index is 2.41. The molecule has 4 rings (SSSR count). The van der Waals surface area contributed by atoms with Gasteiger partial charge in [0.05, 0.1) is 0 Å². The van der Waals surface area contributed by atoms with Crippen molar-refractivity contribution < 1.29 is 4.42 Å². The third-order valence-electron chi connectivity index (χ3n) is 3.56. The fraction of sp³-hybridized carbons (Fsp3) is 0. The highest BCUT2D eigenvalue weighted by Crippen LogP contribution is 2.32. The number of fused-ring (bicyclic) bond motifs is 5. The monoisotopic (exact) mass is 230 g/mol. The number of hydrogen-bond acceptors (Lipinski definition) is 1. The van der Waals surface area contributed by atoms with Crippen LogP contribution in [0.1, 0.15) is 0 Å². The van der Waals surface area contributed by atoms with E-state index in [9.17, 15) is 0 Å². The number of furan rings is 1. The lowest BCUT2D eigenvalue weighted by Crippen LogP contribution is -2.02. The minimum Gasteiger partial charge on any atom is -0.457 e. The van der Waals surface area contributed by atoms with E-state index in [4.69, 9.17) is 4.42 Å². The summed E-state index contributed by atoms with van der Waals surface area (Å²) in [4.78, 5) is 0. The summed E-state index contributed by atoms with van der Waals surface area (Å²) in [6.45, 7) is 0. The Kier molecular flexibility index (Phi) is 1.84. The molecule has 0 aliphatic rings. The van der Waals surface area contributed by atoms with Crippen molar-refractivity contribution in [1.82, 2.24) is 0 Å². The molecule has 0 bridgehead atoms. The Hall–Kier alpha value is -2.22. The molecule has 0 atom stereocenters. The van der Waals surface area contributed by atoms with E-state index >= 15 is 0 Å². The van der Waals surface area contributed by atoms with Gasteiger partial charge in [-0.1, -0.05) is 48.5 Å². The van der Waals surface area contributed by atoms with E-state index in [1.165, 1.54) is 27.0 Å². The lowest BCUT2D eigenvalue weighted by atomic mass is 9.90. The van der Waals surface area contributed by atoms with Crippen molar-refractivity contribution in [2.24, 2.45) is 0 Å². The molecule has 1 nitrogen and oxygen atoms in total. The van der Waals surface area contributed by atoms with Crippen molar-refractivity contribution in [3.63, 3.8) is 0 Å². The first-order valence-electron chi connectivity index (χ1n) is 6.14. The molecule has 0 saturated heterocycles. The first-order valence-corrected chi connectivity index (χ1v) is 6.14. The van der Waals surface area contributed by atoms with Gasteiger partial charge in [0.1, 0.15) is 19.0 Å². The van der Waals surface area contributed by atoms with Gasteiger partial charge in [-0.25, -0.2) is 0 Å². The van der Waals surface area contributed by atoms with Crippen LogP contribution in [0.15, 0.2) is 59.0 Å². The Morgan fingerprint density at radius 1 is 0.833 bits per heavy atom. The lowest BCUT2D eigenvalue weighted by Gasteiger charge is -2.02. The van der Waals surface area contributed by atoms with Crippen LogP contribution in [0, 0.1) is 0 Å². The molecule has 0 spiro atoms. The van der Waals surface area contributed by atoms with Gasteiger partial charge in [0.25, 0.3) is 0 Å². The van der Waals surface area contributed by atoms with Crippen LogP contribution in [-0.4, -0.2) is 7.85 Å². The number of hydrogen-bond donors (Lipinski definition) is 0. The van der Waals surface area contributed by atoms with E-state index in [2.05, 4.69) is 50.3 Å². The topological polar surface area (TPSA) is 13.1 Å². The molecule has 3 aromatic carbocycles.